The normalized spacial score (nSPS) is 33.5. The molecule has 0 aliphatic carbocycles. The molecule has 0 bridgehead atoms. The van der Waals surface area contributed by atoms with E-state index in [1.54, 1.807) is 0 Å². The Bertz CT molecular complexity index is 1490. The smallest absolute Gasteiger partial charge is 0.229 e. The summed E-state index contributed by atoms with van der Waals surface area (Å²) < 4.78 is 28.3. The van der Waals surface area contributed by atoms with Crippen molar-refractivity contribution in [1.82, 2.24) is 0 Å². The Kier molecular flexibility index (Phi) is 8.30. The summed E-state index contributed by atoms with van der Waals surface area (Å²) in [6.07, 6.45) is -15.5. The van der Waals surface area contributed by atoms with Gasteiger partial charge in [0.25, 0.3) is 0 Å². The first-order valence-electron chi connectivity index (χ1n) is 12.9. The predicted octanol–water partition coefficient (Wildman–Crippen LogP) is -1.39. The van der Waals surface area contributed by atoms with E-state index < -0.39 is 84.9 Å². The number of hydrogen-bond acceptors (Lipinski definition) is 15. The maximum absolute atomic E-state index is 12.8. The van der Waals surface area contributed by atoms with Crippen molar-refractivity contribution in [2.75, 3.05) is 6.61 Å². The van der Waals surface area contributed by atoms with Crippen molar-refractivity contribution in [3.63, 3.8) is 0 Å². The lowest BCUT2D eigenvalue weighted by Gasteiger charge is -2.45. The number of rotatable bonds is 6. The zero-order valence-electron chi connectivity index (χ0n) is 21.9. The number of ether oxygens (including phenoxy) is 4. The molecule has 0 amide bonds. The van der Waals surface area contributed by atoms with Gasteiger partial charge in [-0.1, -0.05) is 0 Å². The fourth-order valence-electron chi connectivity index (χ4n) is 4.84. The number of benzene rings is 2. The summed E-state index contributed by atoms with van der Waals surface area (Å²) in [5, 5.41) is 91.2. The van der Waals surface area contributed by atoms with Crippen LogP contribution in [0.15, 0.2) is 45.6 Å². The Morgan fingerprint density at radius 3 is 2.21 bits per heavy atom. The summed E-state index contributed by atoms with van der Waals surface area (Å²) >= 11 is 0. The van der Waals surface area contributed by atoms with Crippen LogP contribution in [0, 0.1) is 0 Å². The van der Waals surface area contributed by atoms with Gasteiger partial charge in [-0.15, -0.1) is 0 Å². The van der Waals surface area contributed by atoms with Crippen molar-refractivity contribution < 1.29 is 69.3 Å². The number of hydrogen-bond donors (Lipinski definition) is 9. The summed E-state index contributed by atoms with van der Waals surface area (Å²) in [6, 6.07) is 7.08. The summed E-state index contributed by atoms with van der Waals surface area (Å²) in [6.45, 7) is 0.671. The van der Waals surface area contributed by atoms with Gasteiger partial charge < -0.3 is 69.3 Å². The summed E-state index contributed by atoms with van der Waals surface area (Å²) in [5.41, 5.74) is -0.575. The summed E-state index contributed by atoms with van der Waals surface area (Å²) in [5.74, 6) is -1.60. The highest BCUT2D eigenvalue weighted by molar-refractivity contribution is 5.86. The van der Waals surface area contributed by atoms with Crippen LogP contribution in [0.3, 0.4) is 0 Å². The van der Waals surface area contributed by atoms with Crippen molar-refractivity contribution in [1.29, 1.82) is 0 Å². The van der Waals surface area contributed by atoms with Crippen LogP contribution in [0.25, 0.3) is 22.3 Å². The molecule has 10 atom stereocenters. The van der Waals surface area contributed by atoms with E-state index in [1.165, 1.54) is 25.1 Å². The quantitative estimate of drug-likeness (QED) is 0.149. The molecule has 3 heterocycles. The third kappa shape index (κ3) is 5.49. The molecular formula is C27H30O15. The van der Waals surface area contributed by atoms with E-state index in [4.69, 9.17) is 23.4 Å². The van der Waals surface area contributed by atoms with E-state index in [0.29, 0.717) is 0 Å². The minimum absolute atomic E-state index is 0.0216. The van der Waals surface area contributed by atoms with E-state index in [1.807, 2.05) is 0 Å². The number of fused-ring (bicyclic) bond motifs is 1. The Hall–Kier alpha value is -3.51. The molecule has 0 saturated carbocycles. The monoisotopic (exact) mass is 594 g/mol. The van der Waals surface area contributed by atoms with Crippen molar-refractivity contribution in [3.8, 4) is 34.3 Å². The zero-order chi connectivity index (χ0) is 30.5. The Balaban J connectivity index is 1.48. The first kappa shape index (κ1) is 30.0. The lowest BCUT2D eigenvalue weighted by atomic mass is 9.97. The minimum atomic E-state index is -1.78. The highest BCUT2D eigenvalue weighted by Crippen LogP contribution is 2.36. The Morgan fingerprint density at radius 1 is 0.786 bits per heavy atom. The molecule has 0 radical (unpaired) electrons. The fraction of sp³-hybridized carbons (Fsp3) is 0.444. The van der Waals surface area contributed by atoms with Crippen molar-refractivity contribution >= 4 is 11.0 Å². The predicted molar refractivity (Wildman–Crippen MR) is 139 cm³/mol. The van der Waals surface area contributed by atoms with Gasteiger partial charge in [-0.25, -0.2) is 0 Å². The molecule has 2 aromatic carbocycles. The molecule has 228 valence electrons. The van der Waals surface area contributed by atoms with Crippen molar-refractivity contribution in [2.24, 2.45) is 0 Å². The van der Waals surface area contributed by atoms with Crippen LogP contribution in [-0.4, -0.2) is 114 Å². The first-order valence-corrected chi connectivity index (χ1v) is 12.9. The standard InChI is InChI=1S/C27H30O15/c1-9-20(33)22(35)24(37)26(38-9)42-25-23(36)21(34)18(8-28)41-27(25)39-11-5-14(31)19-15(32)7-16(40-17(19)6-11)10-2-3-12(29)13(30)4-10/h2-7,9,18,20-31,33-37H,8H2,1H3/t9?,18?,20-,21+,22-,23-,24?,25?,26-,27+/m0/s1. The van der Waals surface area contributed by atoms with Crippen molar-refractivity contribution in [2.45, 2.75) is 68.3 Å². The second-order valence-electron chi connectivity index (χ2n) is 10.1. The van der Waals surface area contributed by atoms with Crippen LogP contribution < -0.4 is 10.2 Å². The summed E-state index contributed by atoms with van der Waals surface area (Å²) in [7, 11) is 0. The molecular weight excluding hydrogens is 564 g/mol. The minimum Gasteiger partial charge on any atom is -0.507 e. The SMILES string of the molecule is CC1O[C@@H](OC2[C@H](Oc3cc(O)c4c(=O)cc(-c5ccc(O)c(O)c5)oc4c3)OC(CO)[C@@H](O)[C@@H]2O)C(O)[C@@H](O)[C@H]1O. The topological polar surface area (TPSA) is 249 Å². The van der Waals surface area contributed by atoms with Crippen molar-refractivity contribution in [3.05, 3.63) is 46.6 Å². The van der Waals surface area contributed by atoms with E-state index in [2.05, 4.69) is 0 Å². The molecule has 42 heavy (non-hydrogen) atoms. The van der Waals surface area contributed by atoms with Crippen LogP contribution in [0.2, 0.25) is 0 Å². The van der Waals surface area contributed by atoms with Crippen LogP contribution >= 0.6 is 0 Å². The van der Waals surface area contributed by atoms with Gasteiger partial charge in [-0.3, -0.25) is 4.79 Å². The highest BCUT2D eigenvalue weighted by Gasteiger charge is 2.50. The third-order valence-electron chi connectivity index (χ3n) is 7.22. The zero-order valence-corrected chi connectivity index (χ0v) is 21.9. The Morgan fingerprint density at radius 2 is 1.52 bits per heavy atom. The lowest BCUT2D eigenvalue weighted by Crippen LogP contribution is -2.64. The van der Waals surface area contributed by atoms with Crippen LogP contribution in [0.1, 0.15) is 6.92 Å². The molecule has 5 rings (SSSR count). The van der Waals surface area contributed by atoms with Crippen LogP contribution in [0.4, 0.5) is 0 Å². The fourth-order valence-corrected chi connectivity index (χ4v) is 4.84. The van der Waals surface area contributed by atoms with E-state index in [9.17, 15) is 50.8 Å². The van der Waals surface area contributed by atoms with Gasteiger partial charge >= 0.3 is 0 Å². The molecule has 1 aromatic heterocycles. The molecule has 2 saturated heterocycles. The van der Waals surface area contributed by atoms with Gasteiger partial charge in [0.1, 0.15) is 64.9 Å². The largest absolute Gasteiger partial charge is 0.507 e. The third-order valence-corrected chi connectivity index (χ3v) is 7.22. The van der Waals surface area contributed by atoms with Gasteiger partial charge in [-0.2, -0.15) is 0 Å². The first-order chi connectivity index (χ1) is 19.9. The van der Waals surface area contributed by atoms with E-state index in [-0.39, 0.29) is 33.8 Å². The highest BCUT2D eigenvalue weighted by atomic mass is 16.8. The lowest BCUT2D eigenvalue weighted by molar-refractivity contribution is -0.354. The molecule has 3 aromatic rings. The summed E-state index contributed by atoms with van der Waals surface area (Å²) in [4.78, 5) is 12.8. The molecule has 2 fully saturated rings. The van der Waals surface area contributed by atoms with Gasteiger partial charge in [-0.05, 0) is 25.1 Å². The number of aromatic hydroxyl groups is 3. The molecule has 0 spiro atoms. The van der Waals surface area contributed by atoms with E-state index in [0.717, 1.165) is 18.2 Å². The van der Waals surface area contributed by atoms with Gasteiger partial charge in [0.05, 0.1) is 12.7 Å². The molecule has 2 aliphatic heterocycles. The average Bonchev–Trinajstić information content (AvgIpc) is 2.95. The maximum atomic E-state index is 12.8. The molecule has 15 heteroatoms. The molecule has 4 unspecified atom stereocenters. The number of aliphatic hydroxyl groups is 6. The van der Waals surface area contributed by atoms with Crippen LogP contribution in [-0.2, 0) is 14.2 Å². The number of phenolic OH excluding ortho intramolecular Hbond substituents is 3. The second kappa shape index (κ2) is 11.6. The molecule has 2 aliphatic rings. The average molecular weight is 595 g/mol. The second-order valence-corrected chi connectivity index (χ2v) is 10.1. The van der Waals surface area contributed by atoms with Gasteiger partial charge in [0, 0.05) is 23.8 Å². The van der Waals surface area contributed by atoms with Gasteiger partial charge in [0.2, 0.25) is 6.29 Å². The van der Waals surface area contributed by atoms with E-state index >= 15 is 0 Å². The molecule has 15 nitrogen and oxygen atoms in total. The number of aliphatic hydroxyl groups excluding tert-OH is 6. The van der Waals surface area contributed by atoms with Crippen LogP contribution in [0.5, 0.6) is 23.0 Å². The molecule has 9 N–H and O–H groups in total. The Labute approximate surface area is 236 Å². The maximum Gasteiger partial charge on any atom is 0.229 e. The van der Waals surface area contributed by atoms with Gasteiger partial charge in [0.15, 0.2) is 29.3 Å². The number of phenols is 3.